The molecule has 1 saturated carbocycles. The van der Waals surface area contributed by atoms with Crippen LogP contribution in [0, 0.1) is 5.92 Å². The third-order valence-electron chi connectivity index (χ3n) is 6.32. The van der Waals surface area contributed by atoms with E-state index in [9.17, 15) is 14.0 Å². The van der Waals surface area contributed by atoms with Crippen LogP contribution < -0.4 is 4.74 Å². The number of halogens is 1. The van der Waals surface area contributed by atoms with Gasteiger partial charge in [-0.15, -0.1) is 0 Å². The quantitative estimate of drug-likeness (QED) is 0.714. The van der Waals surface area contributed by atoms with E-state index in [4.69, 9.17) is 9.47 Å². The van der Waals surface area contributed by atoms with Crippen molar-refractivity contribution < 1.29 is 23.5 Å². The summed E-state index contributed by atoms with van der Waals surface area (Å²) >= 11 is 0. The molecule has 2 heterocycles. The number of nitrogens with zero attached hydrogens (tertiary/aromatic N) is 2. The number of carbonyl (C=O) groups excluding carboxylic acids is 2. The second kappa shape index (κ2) is 8.38. The normalized spacial score (nSPS) is 28.5. The summed E-state index contributed by atoms with van der Waals surface area (Å²) in [6, 6.07) is 6.90. The van der Waals surface area contributed by atoms with Crippen LogP contribution in [0.25, 0.3) is 0 Å². The molecule has 1 aromatic carbocycles. The Kier molecular flexibility index (Phi) is 5.82. The number of methoxy groups -OCH3 is 1. The Bertz CT molecular complexity index is 851. The van der Waals surface area contributed by atoms with Crippen LogP contribution in [0.2, 0.25) is 0 Å². The number of amides is 1. The summed E-state index contributed by atoms with van der Waals surface area (Å²) in [7, 11) is 5.57. The van der Waals surface area contributed by atoms with Gasteiger partial charge in [-0.2, -0.15) is 0 Å². The van der Waals surface area contributed by atoms with E-state index in [1.807, 2.05) is 38.4 Å². The molecule has 4 unspecified atom stereocenters. The predicted octanol–water partition coefficient (Wildman–Crippen LogP) is 2.89. The van der Waals surface area contributed by atoms with Crippen molar-refractivity contribution in [3.63, 3.8) is 0 Å². The fourth-order valence-electron chi connectivity index (χ4n) is 4.78. The molecule has 6 nitrogen and oxygen atoms in total. The van der Waals surface area contributed by atoms with E-state index >= 15 is 0 Å². The van der Waals surface area contributed by atoms with Gasteiger partial charge in [-0.3, -0.25) is 9.59 Å². The number of benzene rings is 1. The molecule has 1 aromatic rings. The maximum atomic E-state index is 14.1. The van der Waals surface area contributed by atoms with Crippen molar-refractivity contribution in [2.24, 2.45) is 5.92 Å². The van der Waals surface area contributed by atoms with Crippen molar-refractivity contribution in [1.82, 2.24) is 9.80 Å². The zero-order chi connectivity index (χ0) is 21.4. The zero-order valence-corrected chi connectivity index (χ0v) is 17.8. The van der Waals surface area contributed by atoms with Gasteiger partial charge in [0, 0.05) is 6.54 Å². The molecular formula is C23H29FN2O4. The predicted molar refractivity (Wildman–Crippen MR) is 110 cm³/mol. The molecule has 4 rings (SSSR count). The highest BCUT2D eigenvalue weighted by atomic mass is 19.1. The first-order chi connectivity index (χ1) is 14.4. The van der Waals surface area contributed by atoms with Gasteiger partial charge in [0.05, 0.1) is 24.6 Å². The lowest BCUT2D eigenvalue weighted by Gasteiger charge is -2.36. The van der Waals surface area contributed by atoms with Crippen LogP contribution in [0.15, 0.2) is 35.6 Å². The molecule has 1 fully saturated rings. The van der Waals surface area contributed by atoms with Gasteiger partial charge in [-0.05, 0) is 64.0 Å². The molecule has 7 heteroatoms. The lowest BCUT2D eigenvalue weighted by molar-refractivity contribution is -0.136. The largest absolute Gasteiger partial charge is 0.497 e. The fraction of sp³-hybridized carbons (Fsp3) is 0.565. The second-order valence-corrected chi connectivity index (χ2v) is 8.61. The van der Waals surface area contributed by atoms with Crippen LogP contribution >= 0.6 is 0 Å². The molecule has 0 N–H and O–H groups in total. The molecule has 30 heavy (non-hydrogen) atoms. The number of Topliss-reactive ketones (excluding diaryl/α,β-unsaturated/α-hetero) is 1. The highest BCUT2D eigenvalue weighted by Gasteiger charge is 2.52. The molecule has 0 aromatic heterocycles. The number of ketones is 1. The number of rotatable bonds is 6. The van der Waals surface area contributed by atoms with Crippen LogP contribution in [0.5, 0.6) is 5.75 Å². The summed E-state index contributed by atoms with van der Waals surface area (Å²) in [4.78, 5) is 30.5. The molecule has 0 radical (unpaired) electrons. The Morgan fingerprint density at radius 1 is 1.20 bits per heavy atom. The third-order valence-corrected chi connectivity index (χ3v) is 6.32. The number of hydrogen-bond acceptors (Lipinski definition) is 5. The first-order valence-corrected chi connectivity index (χ1v) is 10.6. The summed E-state index contributed by atoms with van der Waals surface area (Å²) in [5.74, 6) is -0.00565. The Morgan fingerprint density at radius 3 is 2.60 bits per heavy atom. The molecule has 2 aliphatic heterocycles. The second-order valence-electron chi connectivity index (χ2n) is 8.61. The van der Waals surface area contributed by atoms with Gasteiger partial charge in [0.1, 0.15) is 18.0 Å². The van der Waals surface area contributed by atoms with Crippen molar-refractivity contribution in [2.45, 2.75) is 44.0 Å². The number of fused-ring (bicyclic) bond motifs is 1. The average Bonchev–Trinajstić information content (AvgIpc) is 3.01. The van der Waals surface area contributed by atoms with Gasteiger partial charge >= 0.3 is 0 Å². The van der Waals surface area contributed by atoms with Gasteiger partial charge in [0.2, 0.25) is 0 Å². The minimum Gasteiger partial charge on any atom is -0.497 e. The van der Waals surface area contributed by atoms with Crippen molar-refractivity contribution in [1.29, 1.82) is 0 Å². The molecule has 4 atom stereocenters. The van der Waals surface area contributed by atoms with Crippen LogP contribution in [-0.2, 0) is 14.3 Å². The van der Waals surface area contributed by atoms with E-state index in [1.54, 1.807) is 12.0 Å². The minimum atomic E-state index is -0.992. The van der Waals surface area contributed by atoms with Gasteiger partial charge in [-0.1, -0.05) is 12.1 Å². The summed E-state index contributed by atoms with van der Waals surface area (Å²) in [5.41, 5.74) is 1.23. The first kappa shape index (κ1) is 20.8. The molecule has 0 bridgehead atoms. The van der Waals surface area contributed by atoms with Crippen molar-refractivity contribution in [2.75, 3.05) is 34.3 Å². The monoisotopic (exact) mass is 416 g/mol. The van der Waals surface area contributed by atoms with Gasteiger partial charge in [-0.25, -0.2) is 4.39 Å². The zero-order valence-electron chi connectivity index (χ0n) is 17.8. The van der Waals surface area contributed by atoms with Crippen molar-refractivity contribution in [3.8, 4) is 5.75 Å². The smallest absolute Gasteiger partial charge is 0.290 e. The molecule has 0 saturated heterocycles. The standard InChI is InChI=1S/C23H29FN2O4/c1-25(2)11-4-12-26-20(14-5-8-16(29-3)9-6-14)19-21(27)17-13-15(24)7-10-18(17)30-22(19)23(26)28/h5-6,8-9,15,17-18,20H,4,7,10-13H2,1-3H3. The average molecular weight is 416 g/mol. The highest BCUT2D eigenvalue weighted by Crippen LogP contribution is 2.47. The van der Waals surface area contributed by atoms with E-state index in [-0.39, 0.29) is 23.9 Å². The maximum absolute atomic E-state index is 14.1. The number of carbonyl (C=O) groups is 2. The Morgan fingerprint density at radius 2 is 1.93 bits per heavy atom. The minimum absolute atomic E-state index is 0.132. The molecule has 1 aliphatic carbocycles. The lowest BCUT2D eigenvalue weighted by atomic mass is 9.77. The number of ether oxygens (including phenoxy) is 2. The molecule has 1 amide bonds. The molecule has 0 spiro atoms. The summed E-state index contributed by atoms with van der Waals surface area (Å²) in [6.45, 7) is 1.34. The molecule has 3 aliphatic rings. The Labute approximate surface area is 176 Å². The van der Waals surface area contributed by atoms with Crippen LogP contribution in [0.3, 0.4) is 0 Å². The highest BCUT2D eigenvalue weighted by molar-refractivity contribution is 6.11. The molecular weight excluding hydrogens is 387 g/mol. The lowest BCUT2D eigenvalue weighted by Crippen LogP contribution is -2.42. The summed E-state index contributed by atoms with van der Waals surface area (Å²) < 4.78 is 25.4. The number of alkyl halides is 1. The summed E-state index contributed by atoms with van der Waals surface area (Å²) in [5, 5.41) is 0. The van der Waals surface area contributed by atoms with Crippen LogP contribution in [0.4, 0.5) is 4.39 Å². The number of hydrogen-bond donors (Lipinski definition) is 0. The van der Waals surface area contributed by atoms with E-state index in [0.717, 1.165) is 18.5 Å². The van der Waals surface area contributed by atoms with Gasteiger partial charge in [0.15, 0.2) is 11.5 Å². The van der Waals surface area contributed by atoms with Crippen LogP contribution in [-0.4, -0.2) is 68.1 Å². The van der Waals surface area contributed by atoms with Crippen molar-refractivity contribution >= 4 is 11.7 Å². The molecule has 162 valence electrons. The summed E-state index contributed by atoms with van der Waals surface area (Å²) in [6.07, 6.45) is 0.401. The van der Waals surface area contributed by atoms with Crippen molar-refractivity contribution in [3.05, 3.63) is 41.2 Å². The van der Waals surface area contributed by atoms with E-state index in [1.165, 1.54) is 0 Å². The first-order valence-electron chi connectivity index (χ1n) is 10.6. The Balaban J connectivity index is 1.70. The SMILES string of the molecule is COc1ccc(C2C3=C(OC4CCC(F)CC4C3=O)C(=O)N2CCCN(C)C)cc1. The third kappa shape index (κ3) is 3.71. The van der Waals surface area contributed by atoms with E-state index in [0.29, 0.717) is 30.7 Å². The Hall–Kier alpha value is -2.41. The topological polar surface area (TPSA) is 59.1 Å². The van der Waals surface area contributed by atoms with Gasteiger partial charge < -0.3 is 19.3 Å². The maximum Gasteiger partial charge on any atom is 0.290 e. The van der Waals surface area contributed by atoms with E-state index < -0.39 is 24.2 Å². The fourth-order valence-corrected chi connectivity index (χ4v) is 4.78. The van der Waals surface area contributed by atoms with E-state index in [2.05, 4.69) is 4.90 Å². The van der Waals surface area contributed by atoms with Crippen LogP contribution in [0.1, 0.15) is 37.3 Å². The van der Waals surface area contributed by atoms with Gasteiger partial charge in [0.25, 0.3) is 5.91 Å².